The second-order valence-corrected chi connectivity index (χ2v) is 6.79. The van der Waals surface area contributed by atoms with Crippen molar-refractivity contribution in [1.29, 1.82) is 0 Å². The number of aliphatic hydroxyl groups is 3. The molecule has 3 heterocycles. The van der Waals surface area contributed by atoms with Crippen LogP contribution in [0.25, 0.3) is 11.2 Å². The van der Waals surface area contributed by atoms with Crippen molar-refractivity contribution in [3.8, 4) is 0 Å². The van der Waals surface area contributed by atoms with Crippen molar-refractivity contribution in [2.24, 2.45) is 0 Å². The quantitative estimate of drug-likeness (QED) is 0.370. The van der Waals surface area contributed by atoms with Crippen molar-refractivity contribution in [3.05, 3.63) is 48.5 Å². The van der Waals surface area contributed by atoms with Crippen LogP contribution in [0.4, 0.5) is 5.82 Å². The third kappa shape index (κ3) is 3.21. The molecular formula is C19H19N5O7. The van der Waals surface area contributed by atoms with Crippen LogP contribution in [0.3, 0.4) is 0 Å². The number of hydrogen-bond donors (Lipinski definition) is 4. The Hall–Kier alpha value is -3.45. The van der Waals surface area contributed by atoms with Crippen LogP contribution in [0, 0.1) is 0 Å². The molecule has 0 spiro atoms. The molecule has 4 rings (SSSR count). The number of aromatic nitrogens is 4. The molecule has 0 saturated carbocycles. The number of carbonyl (C=O) groups is 2. The number of amides is 1. The number of nitrogens with one attached hydrogen (secondary N) is 1. The van der Waals surface area contributed by atoms with E-state index < -0.39 is 42.5 Å². The van der Waals surface area contributed by atoms with Crippen LogP contribution >= 0.6 is 0 Å². The van der Waals surface area contributed by atoms with Gasteiger partial charge in [0.25, 0.3) is 11.6 Å². The normalized spacial score (nSPS) is 25.5. The third-order valence-electron chi connectivity index (χ3n) is 5.05. The molecule has 1 fully saturated rings. The van der Waals surface area contributed by atoms with Gasteiger partial charge in [0.2, 0.25) is 0 Å². The standard InChI is InChI=1S/C19H19N5O7/c1-30-18(29)19(14(27)13(26)11(7-25)31-19)24-9-22-12-15(20-8-21-16(12)24)23-17(28)10-5-3-2-4-6-10/h2-6,8-9,11,13-14,25-27H,7H2,1H3,(H,20,21,23,28)/t11-,13-,14-,19+/m1/s1. The van der Waals surface area contributed by atoms with Crippen molar-refractivity contribution in [3.63, 3.8) is 0 Å². The molecule has 0 unspecified atom stereocenters. The predicted octanol–water partition coefficient (Wildman–Crippen LogP) is -0.983. The van der Waals surface area contributed by atoms with Crippen LogP contribution in [-0.2, 0) is 20.0 Å². The van der Waals surface area contributed by atoms with E-state index in [-0.39, 0.29) is 17.0 Å². The molecule has 0 bridgehead atoms. The van der Waals surface area contributed by atoms with Crippen molar-refractivity contribution in [2.75, 3.05) is 19.0 Å². The minimum atomic E-state index is -2.26. The molecule has 0 aliphatic carbocycles. The highest BCUT2D eigenvalue weighted by atomic mass is 16.6. The van der Waals surface area contributed by atoms with Gasteiger partial charge in [-0.1, -0.05) is 18.2 Å². The number of anilines is 1. The summed E-state index contributed by atoms with van der Waals surface area (Å²) in [5.41, 5.74) is -1.74. The fourth-order valence-corrected chi connectivity index (χ4v) is 3.50. The molecule has 1 aromatic carbocycles. The molecule has 4 atom stereocenters. The number of imidazole rings is 1. The molecule has 4 N–H and O–H groups in total. The minimum absolute atomic E-state index is 0.0219. The number of nitrogens with zero attached hydrogens (tertiary/aromatic N) is 4. The number of aliphatic hydroxyl groups excluding tert-OH is 3. The van der Waals surface area contributed by atoms with Gasteiger partial charge in [-0.25, -0.2) is 19.7 Å². The molecule has 1 aliphatic rings. The molecule has 162 valence electrons. The predicted molar refractivity (Wildman–Crippen MR) is 104 cm³/mol. The Bertz CT molecular complexity index is 1120. The highest BCUT2D eigenvalue weighted by Gasteiger charge is 2.62. The molecule has 12 heteroatoms. The zero-order valence-corrected chi connectivity index (χ0v) is 16.2. The van der Waals surface area contributed by atoms with Crippen LogP contribution < -0.4 is 5.32 Å². The van der Waals surface area contributed by atoms with Gasteiger partial charge in [0.05, 0.1) is 13.7 Å². The van der Waals surface area contributed by atoms with Crippen LogP contribution in [-0.4, -0.2) is 78.7 Å². The largest absolute Gasteiger partial charge is 0.465 e. The summed E-state index contributed by atoms with van der Waals surface area (Å²) in [5, 5.41) is 33.0. The van der Waals surface area contributed by atoms with Gasteiger partial charge < -0.3 is 30.1 Å². The summed E-state index contributed by atoms with van der Waals surface area (Å²) in [6.07, 6.45) is -2.37. The number of rotatable bonds is 5. The lowest BCUT2D eigenvalue weighted by Gasteiger charge is -2.30. The van der Waals surface area contributed by atoms with Gasteiger partial charge in [0.15, 0.2) is 17.0 Å². The Balaban J connectivity index is 1.79. The van der Waals surface area contributed by atoms with Gasteiger partial charge in [-0.2, -0.15) is 0 Å². The fourth-order valence-electron chi connectivity index (χ4n) is 3.50. The summed E-state index contributed by atoms with van der Waals surface area (Å²) < 4.78 is 11.4. The third-order valence-corrected chi connectivity index (χ3v) is 5.05. The maximum absolute atomic E-state index is 12.7. The molecule has 1 aliphatic heterocycles. The van der Waals surface area contributed by atoms with Crippen LogP contribution in [0.1, 0.15) is 10.4 Å². The highest BCUT2D eigenvalue weighted by molar-refractivity contribution is 6.06. The van der Waals surface area contributed by atoms with E-state index in [4.69, 9.17) is 9.47 Å². The number of hydrogen-bond acceptors (Lipinski definition) is 10. The zero-order chi connectivity index (χ0) is 22.2. The first-order valence-corrected chi connectivity index (χ1v) is 9.22. The maximum Gasteiger partial charge on any atom is 0.363 e. The SMILES string of the molecule is COC(=O)[C@@]1(n2cnc3c(NC(=O)c4ccccc4)ncnc32)O[C@H](CO)[C@@H](O)[C@H]1O. The Labute approximate surface area is 175 Å². The molecule has 31 heavy (non-hydrogen) atoms. The Kier molecular flexibility index (Phi) is 5.37. The van der Waals surface area contributed by atoms with Gasteiger partial charge in [-0.15, -0.1) is 0 Å². The average Bonchev–Trinajstić information content (AvgIpc) is 3.34. The second-order valence-electron chi connectivity index (χ2n) is 6.79. The number of benzene rings is 1. The lowest BCUT2D eigenvalue weighted by atomic mass is 10.0. The number of carbonyl (C=O) groups excluding carboxylic acids is 2. The average molecular weight is 429 g/mol. The summed E-state index contributed by atoms with van der Waals surface area (Å²) in [6.45, 7) is -0.656. The Morgan fingerprint density at radius 2 is 1.97 bits per heavy atom. The highest BCUT2D eigenvalue weighted by Crippen LogP contribution is 2.39. The Morgan fingerprint density at radius 1 is 1.23 bits per heavy atom. The van der Waals surface area contributed by atoms with Crippen molar-refractivity contribution in [2.45, 2.75) is 24.0 Å². The van der Waals surface area contributed by atoms with E-state index in [1.165, 1.54) is 0 Å². The second kappa shape index (κ2) is 8.00. The lowest BCUT2D eigenvalue weighted by Crippen LogP contribution is -2.52. The van der Waals surface area contributed by atoms with E-state index in [1.54, 1.807) is 30.3 Å². The molecule has 12 nitrogen and oxygen atoms in total. The van der Waals surface area contributed by atoms with Crippen molar-refractivity contribution < 1.29 is 34.4 Å². The number of methoxy groups -OCH3 is 1. The monoisotopic (exact) mass is 429 g/mol. The number of fused-ring (bicyclic) bond motifs is 1. The minimum Gasteiger partial charge on any atom is -0.465 e. The topological polar surface area (TPSA) is 169 Å². The Morgan fingerprint density at radius 3 is 2.61 bits per heavy atom. The number of ether oxygens (including phenoxy) is 2. The van der Waals surface area contributed by atoms with E-state index >= 15 is 0 Å². The summed E-state index contributed by atoms with van der Waals surface area (Å²) >= 11 is 0. The molecule has 2 aromatic heterocycles. The van der Waals surface area contributed by atoms with E-state index in [0.717, 1.165) is 24.3 Å². The molecular weight excluding hydrogens is 410 g/mol. The van der Waals surface area contributed by atoms with Gasteiger partial charge in [-0.3, -0.25) is 9.36 Å². The van der Waals surface area contributed by atoms with Crippen molar-refractivity contribution >= 4 is 28.9 Å². The summed E-state index contributed by atoms with van der Waals surface area (Å²) in [5.74, 6) is -1.42. The van der Waals surface area contributed by atoms with E-state index in [1.807, 2.05) is 0 Å². The first-order chi connectivity index (χ1) is 14.9. The van der Waals surface area contributed by atoms with E-state index in [0.29, 0.717) is 5.56 Å². The van der Waals surface area contributed by atoms with Crippen LogP contribution in [0.2, 0.25) is 0 Å². The maximum atomic E-state index is 12.7. The van der Waals surface area contributed by atoms with Gasteiger partial charge in [0.1, 0.15) is 31.0 Å². The fraction of sp³-hybridized carbons (Fsp3) is 0.316. The van der Waals surface area contributed by atoms with Gasteiger partial charge in [0, 0.05) is 5.56 Å². The lowest BCUT2D eigenvalue weighted by molar-refractivity contribution is -0.197. The van der Waals surface area contributed by atoms with Crippen LogP contribution in [0.5, 0.6) is 0 Å². The van der Waals surface area contributed by atoms with E-state index in [2.05, 4.69) is 20.3 Å². The molecule has 1 amide bonds. The van der Waals surface area contributed by atoms with Crippen LogP contribution in [0.15, 0.2) is 43.0 Å². The first-order valence-electron chi connectivity index (χ1n) is 9.22. The summed E-state index contributed by atoms with van der Waals surface area (Å²) in [6, 6.07) is 8.44. The molecule has 1 saturated heterocycles. The smallest absolute Gasteiger partial charge is 0.363 e. The van der Waals surface area contributed by atoms with E-state index in [9.17, 15) is 24.9 Å². The first kappa shape index (κ1) is 20.8. The van der Waals surface area contributed by atoms with Crippen molar-refractivity contribution in [1.82, 2.24) is 19.5 Å². The summed E-state index contributed by atoms with van der Waals surface area (Å²) in [7, 11) is 1.08. The number of esters is 1. The van der Waals surface area contributed by atoms with Gasteiger partial charge in [-0.05, 0) is 12.1 Å². The zero-order valence-electron chi connectivity index (χ0n) is 16.2. The molecule has 0 radical (unpaired) electrons. The van der Waals surface area contributed by atoms with Gasteiger partial charge >= 0.3 is 5.97 Å². The molecule has 3 aromatic rings. The summed E-state index contributed by atoms with van der Waals surface area (Å²) in [4.78, 5) is 37.5.